The smallest absolute Gasteiger partial charge is 0.272 e. The SMILES string of the molecule is CO[C@H]1[C@H](NC(=O)c2ccc(=O)n(C)n2)c2ccccc2C12CCNCC2. The molecule has 2 aliphatic rings. The summed E-state index contributed by atoms with van der Waals surface area (Å²) < 4.78 is 7.13. The first-order valence-corrected chi connectivity index (χ1v) is 9.25. The Hall–Kier alpha value is -2.51. The van der Waals surface area contributed by atoms with E-state index in [9.17, 15) is 9.59 Å². The van der Waals surface area contributed by atoms with Crippen molar-refractivity contribution in [2.24, 2.45) is 7.05 Å². The molecule has 27 heavy (non-hydrogen) atoms. The molecule has 0 radical (unpaired) electrons. The fraction of sp³-hybridized carbons (Fsp3) is 0.450. The van der Waals surface area contributed by atoms with E-state index in [1.54, 1.807) is 7.11 Å². The molecule has 142 valence electrons. The van der Waals surface area contributed by atoms with Gasteiger partial charge in [-0.25, -0.2) is 4.68 Å². The van der Waals surface area contributed by atoms with Crippen LogP contribution in [0, 0.1) is 0 Å². The van der Waals surface area contributed by atoms with E-state index >= 15 is 0 Å². The van der Waals surface area contributed by atoms with Crippen molar-refractivity contribution >= 4 is 5.91 Å². The summed E-state index contributed by atoms with van der Waals surface area (Å²) in [5.74, 6) is -0.307. The van der Waals surface area contributed by atoms with Gasteiger partial charge in [0.15, 0.2) is 0 Å². The van der Waals surface area contributed by atoms with Crippen LogP contribution in [0.15, 0.2) is 41.2 Å². The van der Waals surface area contributed by atoms with Gasteiger partial charge in [0.05, 0.1) is 12.1 Å². The van der Waals surface area contributed by atoms with Gasteiger partial charge in [0, 0.05) is 25.6 Å². The lowest BCUT2D eigenvalue weighted by molar-refractivity contribution is 0.00390. The van der Waals surface area contributed by atoms with Gasteiger partial charge in [-0.1, -0.05) is 24.3 Å². The largest absolute Gasteiger partial charge is 0.378 e. The van der Waals surface area contributed by atoms with E-state index in [1.807, 2.05) is 12.1 Å². The minimum absolute atomic E-state index is 0.106. The van der Waals surface area contributed by atoms with E-state index in [0.29, 0.717) is 0 Å². The topological polar surface area (TPSA) is 85.2 Å². The van der Waals surface area contributed by atoms with Crippen LogP contribution in [0.5, 0.6) is 0 Å². The molecule has 0 saturated carbocycles. The summed E-state index contributed by atoms with van der Waals surface area (Å²) in [7, 11) is 3.25. The molecular formula is C20H24N4O3. The molecule has 2 N–H and O–H groups in total. The number of methoxy groups -OCH3 is 1. The lowest BCUT2D eigenvalue weighted by Crippen LogP contribution is -2.49. The lowest BCUT2D eigenvalue weighted by atomic mass is 9.72. The maximum absolute atomic E-state index is 12.8. The maximum Gasteiger partial charge on any atom is 0.272 e. The average Bonchev–Trinajstić information content (AvgIpc) is 2.93. The number of benzene rings is 1. The number of nitrogens with zero attached hydrogens (tertiary/aromatic N) is 2. The van der Waals surface area contributed by atoms with E-state index in [4.69, 9.17) is 4.74 Å². The van der Waals surface area contributed by atoms with Crippen molar-refractivity contribution in [3.63, 3.8) is 0 Å². The highest BCUT2D eigenvalue weighted by Gasteiger charge is 2.53. The summed E-state index contributed by atoms with van der Waals surface area (Å²) in [6.07, 6.45) is 1.79. The zero-order valence-electron chi connectivity index (χ0n) is 15.6. The van der Waals surface area contributed by atoms with Crippen LogP contribution >= 0.6 is 0 Å². The standard InChI is InChI=1S/C20H24N4O3/c1-24-16(25)8-7-15(23-24)19(26)22-17-13-5-3-4-6-14(13)20(18(17)27-2)9-11-21-12-10-20/h3-8,17-18,21H,9-12H2,1-2H3,(H,22,26)/t17-,18+/m1/s1. The molecule has 0 unspecified atom stereocenters. The van der Waals surface area contributed by atoms with Crippen molar-refractivity contribution in [2.45, 2.75) is 30.4 Å². The number of hydrogen-bond donors (Lipinski definition) is 2. The molecule has 1 aromatic carbocycles. The van der Waals surface area contributed by atoms with E-state index in [-0.39, 0.29) is 34.7 Å². The molecule has 4 rings (SSSR count). The summed E-state index contributed by atoms with van der Waals surface area (Å²) in [6.45, 7) is 1.86. The van der Waals surface area contributed by atoms with E-state index in [0.717, 1.165) is 31.5 Å². The van der Waals surface area contributed by atoms with Gasteiger partial charge in [-0.2, -0.15) is 5.10 Å². The number of nitrogens with one attached hydrogen (secondary N) is 2. The molecule has 7 heteroatoms. The van der Waals surface area contributed by atoms with Gasteiger partial charge in [0.1, 0.15) is 5.69 Å². The first-order valence-electron chi connectivity index (χ1n) is 9.25. The molecule has 1 aliphatic carbocycles. The highest BCUT2D eigenvalue weighted by atomic mass is 16.5. The third-order valence-electron chi connectivity index (χ3n) is 5.91. The quantitative estimate of drug-likeness (QED) is 0.841. The number of amides is 1. The number of rotatable bonds is 3. The number of fused-ring (bicyclic) bond motifs is 2. The van der Waals surface area contributed by atoms with Gasteiger partial charge >= 0.3 is 0 Å². The number of ether oxygens (including phenoxy) is 1. The van der Waals surface area contributed by atoms with E-state index in [1.165, 1.54) is 29.4 Å². The molecule has 1 amide bonds. The number of piperidine rings is 1. The van der Waals surface area contributed by atoms with Gasteiger partial charge in [-0.15, -0.1) is 0 Å². The molecule has 7 nitrogen and oxygen atoms in total. The molecule has 2 heterocycles. The molecule has 1 aliphatic heterocycles. The van der Waals surface area contributed by atoms with Crippen LogP contribution in [0.4, 0.5) is 0 Å². The second-order valence-electron chi connectivity index (χ2n) is 7.28. The summed E-state index contributed by atoms with van der Waals surface area (Å²) in [5.41, 5.74) is 2.23. The van der Waals surface area contributed by atoms with Crippen LogP contribution in [0.1, 0.15) is 40.5 Å². The summed E-state index contributed by atoms with van der Waals surface area (Å²) in [5, 5.41) is 10.6. The zero-order chi connectivity index (χ0) is 19.0. The van der Waals surface area contributed by atoms with Crippen molar-refractivity contribution < 1.29 is 9.53 Å². The normalized spacial score (nSPS) is 23.2. The minimum Gasteiger partial charge on any atom is -0.378 e. The second kappa shape index (κ2) is 6.90. The Morgan fingerprint density at radius 3 is 2.70 bits per heavy atom. The average molecular weight is 368 g/mol. The van der Waals surface area contributed by atoms with Crippen LogP contribution in [0.25, 0.3) is 0 Å². The van der Waals surface area contributed by atoms with Gasteiger partial charge in [0.2, 0.25) is 0 Å². The Morgan fingerprint density at radius 2 is 2.00 bits per heavy atom. The van der Waals surface area contributed by atoms with Gasteiger partial charge in [-0.3, -0.25) is 9.59 Å². The minimum atomic E-state index is -0.307. The fourth-order valence-electron chi connectivity index (χ4n) is 4.64. The first kappa shape index (κ1) is 17.9. The fourth-order valence-corrected chi connectivity index (χ4v) is 4.64. The van der Waals surface area contributed by atoms with Crippen molar-refractivity contribution in [1.29, 1.82) is 0 Å². The number of carbonyl (C=O) groups excluding carboxylic acids is 1. The monoisotopic (exact) mass is 368 g/mol. The Morgan fingerprint density at radius 1 is 1.26 bits per heavy atom. The van der Waals surface area contributed by atoms with Crippen molar-refractivity contribution in [3.8, 4) is 0 Å². The van der Waals surface area contributed by atoms with Crippen molar-refractivity contribution in [2.75, 3.05) is 20.2 Å². The Kier molecular flexibility index (Phi) is 4.57. The Balaban J connectivity index is 1.70. The second-order valence-corrected chi connectivity index (χ2v) is 7.28. The summed E-state index contributed by atoms with van der Waals surface area (Å²) in [4.78, 5) is 24.4. The predicted molar refractivity (Wildman–Crippen MR) is 101 cm³/mol. The lowest BCUT2D eigenvalue weighted by Gasteiger charge is -2.40. The van der Waals surface area contributed by atoms with Gasteiger partial charge in [-0.05, 0) is 43.1 Å². The number of aromatic nitrogens is 2. The predicted octanol–water partition coefficient (Wildman–Crippen LogP) is 0.901. The van der Waals surface area contributed by atoms with Crippen LogP contribution < -0.4 is 16.2 Å². The van der Waals surface area contributed by atoms with E-state index < -0.39 is 0 Å². The third kappa shape index (κ3) is 2.87. The third-order valence-corrected chi connectivity index (χ3v) is 5.91. The van der Waals surface area contributed by atoms with Crippen LogP contribution in [-0.2, 0) is 17.2 Å². The highest BCUT2D eigenvalue weighted by Crippen LogP contribution is 2.51. The highest BCUT2D eigenvalue weighted by molar-refractivity contribution is 5.92. The first-order chi connectivity index (χ1) is 13.1. The van der Waals surface area contributed by atoms with Gasteiger partial charge < -0.3 is 15.4 Å². The molecule has 2 aromatic rings. The molecule has 1 aromatic heterocycles. The van der Waals surface area contributed by atoms with E-state index in [2.05, 4.69) is 27.9 Å². The molecule has 1 saturated heterocycles. The van der Waals surface area contributed by atoms with Gasteiger partial charge in [0.25, 0.3) is 11.5 Å². The Bertz CT molecular complexity index is 917. The maximum atomic E-state index is 12.8. The summed E-state index contributed by atoms with van der Waals surface area (Å²) in [6, 6.07) is 10.8. The van der Waals surface area contributed by atoms with Crippen molar-refractivity contribution in [3.05, 3.63) is 63.6 Å². The molecule has 1 spiro atoms. The van der Waals surface area contributed by atoms with Crippen molar-refractivity contribution in [1.82, 2.24) is 20.4 Å². The number of aryl methyl sites for hydroxylation is 1. The summed E-state index contributed by atoms with van der Waals surface area (Å²) >= 11 is 0. The van der Waals surface area contributed by atoms with Crippen LogP contribution in [0.3, 0.4) is 0 Å². The molecule has 1 fully saturated rings. The van der Waals surface area contributed by atoms with Crippen LogP contribution in [-0.4, -0.2) is 42.0 Å². The molecule has 0 bridgehead atoms. The number of carbonyl (C=O) groups is 1. The molecule has 2 atom stereocenters. The molecular weight excluding hydrogens is 344 g/mol. The Labute approximate surface area is 157 Å². The number of hydrogen-bond acceptors (Lipinski definition) is 5. The zero-order valence-corrected chi connectivity index (χ0v) is 15.6. The van der Waals surface area contributed by atoms with Crippen LogP contribution in [0.2, 0.25) is 0 Å².